The Kier molecular flexibility index (Phi) is 6.11. The summed E-state index contributed by atoms with van der Waals surface area (Å²) in [6.07, 6.45) is -4.60. The number of aryl methyl sites for hydroxylation is 1. The molecule has 1 aromatic heterocycles. The number of nitrogens with zero attached hydrogens (tertiary/aromatic N) is 3. The molecule has 0 unspecified atom stereocenters. The van der Waals surface area contributed by atoms with Crippen LogP contribution >= 0.6 is 0 Å². The highest BCUT2D eigenvalue weighted by Gasteiger charge is 2.34. The number of carbonyl (C=O) groups is 1. The summed E-state index contributed by atoms with van der Waals surface area (Å²) in [5.74, 6) is 0.218. The van der Waals surface area contributed by atoms with E-state index in [1.807, 2.05) is 0 Å². The number of aromatic nitrogens is 2. The lowest BCUT2D eigenvalue weighted by atomic mass is 10.0. The second kappa shape index (κ2) is 8.86. The van der Waals surface area contributed by atoms with Crippen molar-refractivity contribution in [3.05, 3.63) is 69.3 Å². The molecule has 1 aliphatic rings. The van der Waals surface area contributed by atoms with Crippen LogP contribution in [0.2, 0.25) is 0 Å². The third-order valence-corrected chi connectivity index (χ3v) is 5.74. The molecule has 1 N–H and O–H groups in total. The van der Waals surface area contributed by atoms with Crippen molar-refractivity contribution < 1.29 is 22.7 Å². The van der Waals surface area contributed by atoms with E-state index in [0.717, 1.165) is 6.07 Å². The van der Waals surface area contributed by atoms with E-state index in [9.17, 15) is 22.8 Å². The molecule has 7 nitrogen and oxygen atoms in total. The highest BCUT2D eigenvalue weighted by molar-refractivity contribution is 5.94. The smallest absolute Gasteiger partial charge is 0.381 e. The van der Waals surface area contributed by atoms with Crippen molar-refractivity contribution in [1.82, 2.24) is 14.5 Å². The number of hydrogen-bond donors (Lipinski definition) is 1. The van der Waals surface area contributed by atoms with Crippen molar-refractivity contribution >= 4 is 22.5 Å². The van der Waals surface area contributed by atoms with E-state index >= 15 is 0 Å². The van der Waals surface area contributed by atoms with Crippen molar-refractivity contribution in [3.8, 4) is 0 Å². The summed E-state index contributed by atoms with van der Waals surface area (Å²) < 4.78 is 47.7. The van der Waals surface area contributed by atoms with Gasteiger partial charge in [-0.25, -0.2) is 4.98 Å². The van der Waals surface area contributed by atoms with E-state index in [4.69, 9.17) is 4.74 Å². The molecule has 1 amide bonds. The Labute approximate surface area is 187 Å². The van der Waals surface area contributed by atoms with E-state index in [2.05, 4.69) is 10.3 Å². The molecule has 1 aliphatic heterocycles. The van der Waals surface area contributed by atoms with Crippen LogP contribution in [0.3, 0.4) is 0 Å². The fourth-order valence-corrected chi connectivity index (χ4v) is 3.76. The summed E-state index contributed by atoms with van der Waals surface area (Å²) >= 11 is 0. The van der Waals surface area contributed by atoms with Crippen molar-refractivity contribution in [1.29, 1.82) is 0 Å². The standard InChI is InChI=1S/C23H23F3N4O3/c1-14-28-20-12-19(23(24,25)26)16(11-18(20)22(32)29(14)2)13-27-17-5-3-15(4-6-17)21(31)30-7-9-33-10-8-30/h3-6,11-12,27H,7-10,13H2,1-2H3. The fraction of sp³-hybridized carbons (Fsp3) is 0.348. The van der Waals surface area contributed by atoms with E-state index < -0.39 is 17.3 Å². The lowest BCUT2D eigenvalue weighted by molar-refractivity contribution is -0.138. The maximum absolute atomic E-state index is 13.7. The van der Waals surface area contributed by atoms with Gasteiger partial charge >= 0.3 is 6.18 Å². The van der Waals surface area contributed by atoms with E-state index in [1.165, 1.54) is 17.7 Å². The lowest BCUT2D eigenvalue weighted by Gasteiger charge is -2.26. The number of anilines is 1. The zero-order valence-corrected chi connectivity index (χ0v) is 18.2. The fourth-order valence-electron chi connectivity index (χ4n) is 3.76. The first kappa shape index (κ1) is 22.8. The highest BCUT2D eigenvalue weighted by atomic mass is 19.4. The number of benzene rings is 2. The monoisotopic (exact) mass is 460 g/mol. The van der Waals surface area contributed by atoms with Gasteiger partial charge in [0.25, 0.3) is 11.5 Å². The number of ether oxygens (including phenoxy) is 1. The molecule has 174 valence electrons. The third-order valence-electron chi connectivity index (χ3n) is 5.74. The molecule has 1 saturated heterocycles. The van der Waals surface area contributed by atoms with Crippen LogP contribution in [0.4, 0.5) is 18.9 Å². The van der Waals surface area contributed by atoms with Crippen LogP contribution in [0.5, 0.6) is 0 Å². The largest absolute Gasteiger partial charge is 0.416 e. The minimum atomic E-state index is -4.60. The first-order valence-electron chi connectivity index (χ1n) is 10.4. The van der Waals surface area contributed by atoms with Crippen LogP contribution in [-0.4, -0.2) is 46.7 Å². The summed E-state index contributed by atoms with van der Waals surface area (Å²) in [6, 6.07) is 8.72. The first-order chi connectivity index (χ1) is 15.6. The van der Waals surface area contributed by atoms with Gasteiger partial charge in [0, 0.05) is 37.9 Å². The molecule has 1 fully saturated rings. The van der Waals surface area contributed by atoms with Gasteiger partial charge in [-0.1, -0.05) is 0 Å². The summed E-state index contributed by atoms with van der Waals surface area (Å²) in [7, 11) is 1.53. The Morgan fingerprint density at radius 3 is 2.45 bits per heavy atom. The summed E-state index contributed by atoms with van der Waals surface area (Å²) in [6.45, 7) is 3.45. The number of rotatable bonds is 4. The van der Waals surface area contributed by atoms with Gasteiger partial charge in [-0.3, -0.25) is 14.2 Å². The van der Waals surface area contributed by atoms with Crippen LogP contribution < -0.4 is 10.9 Å². The Morgan fingerprint density at radius 1 is 1.15 bits per heavy atom. The molecule has 33 heavy (non-hydrogen) atoms. The van der Waals surface area contributed by atoms with Gasteiger partial charge in [0.2, 0.25) is 0 Å². The molecule has 0 radical (unpaired) electrons. The zero-order chi connectivity index (χ0) is 23.8. The van der Waals surface area contributed by atoms with Crippen molar-refractivity contribution in [2.75, 3.05) is 31.6 Å². The van der Waals surface area contributed by atoms with Gasteiger partial charge in [-0.2, -0.15) is 13.2 Å². The molecule has 0 saturated carbocycles. The number of hydrogen-bond acceptors (Lipinski definition) is 5. The molecular weight excluding hydrogens is 437 g/mol. The molecule has 3 aromatic rings. The van der Waals surface area contributed by atoms with Gasteiger partial charge in [0.15, 0.2) is 0 Å². The van der Waals surface area contributed by atoms with Crippen LogP contribution in [0.25, 0.3) is 10.9 Å². The quantitative estimate of drug-likeness (QED) is 0.646. The third kappa shape index (κ3) is 4.70. The molecule has 10 heteroatoms. The minimum absolute atomic E-state index is 0.0117. The molecule has 0 atom stereocenters. The Hall–Kier alpha value is -3.40. The number of fused-ring (bicyclic) bond motifs is 1. The average molecular weight is 460 g/mol. The van der Waals surface area contributed by atoms with Gasteiger partial charge in [0.1, 0.15) is 5.82 Å². The van der Waals surface area contributed by atoms with Crippen LogP contribution in [-0.2, 0) is 24.5 Å². The molecular formula is C23H23F3N4O3. The van der Waals surface area contributed by atoms with E-state index in [1.54, 1.807) is 36.1 Å². The first-order valence-corrected chi connectivity index (χ1v) is 10.4. The molecule has 4 rings (SSSR count). The Bertz CT molecular complexity index is 1250. The number of carbonyl (C=O) groups excluding carboxylic acids is 1. The number of halogens is 3. The normalized spacial score (nSPS) is 14.5. The molecule has 2 aromatic carbocycles. The lowest BCUT2D eigenvalue weighted by Crippen LogP contribution is -2.40. The number of amides is 1. The van der Waals surface area contributed by atoms with Gasteiger partial charge in [-0.15, -0.1) is 0 Å². The Balaban J connectivity index is 1.58. The molecule has 2 heterocycles. The van der Waals surface area contributed by atoms with Crippen molar-refractivity contribution in [2.45, 2.75) is 19.6 Å². The topological polar surface area (TPSA) is 76.5 Å². The highest BCUT2D eigenvalue weighted by Crippen LogP contribution is 2.34. The second-order valence-electron chi connectivity index (χ2n) is 7.88. The van der Waals surface area contributed by atoms with E-state index in [-0.39, 0.29) is 28.9 Å². The van der Waals surface area contributed by atoms with Crippen LogP contribution in [0, 0.1) is 6.92 Å². The van der Waals surface area contributed by atoms with Crippen LogP contribution in [0.1, 0.15) is 27.3 Å². The van der Waals surface area contributed by atoms with E-state index in [0.29, 0.717) is 43.4 Å². The van der Waals surface area contributed by atoms with Crippen LogP contribution in [0.15, 0.2) is 41.2 Å². The molecule has 0 bridgehead atoms. The van der Waals surface area contributed by atoms with Gasteiger partial charge in [-0.05, 0) is 48.9 Å². The average Bonchev–Trinajstić information content (AvgIpc) is 2.81. The number of nitrogens with one attached hydrogen (secondary N) is 1. The second-order valence-corrected chi connectivity index (χ2v) is 7.88. The maximum Gasteiger partial charge on any atom is 0.416 e. The van der Waals surface area contributed by atoms with Gasteiger partial charge in [0.05, 0.1) is 29.7 Å². The van der Waals surface area contributed by atoms with Gasteiger partial charge < -0.3 is 15.0 Å². The number of morpholine rings is 1. The summed E-state index contributed by atoms with van der Waals surface area (Å²) in [4.78, 5) is 30.9. The van der Waals surface area contributed by atoms with Crippen molar-refractivity contribution in [2.24, 2.45) is 7.05 Å². The summed E-state index contributed by atoms with van der Waals surface area (Å²) in [5, 5.41) is 3.08. The molecule has 0 aliphatic carbocycles. The zero-order valence-electron chi connectivity index (χ0n) is 18.2. The van der Waals surface area contributed by atoms with Crippen molar-refractivity contribution in [3.63, 3.8) is 0 Å². The summed E-state index contributed by atoms with van der Waals surface area (Å²) in [5.41, 5.74) is -0.255. The Morgan fingerprint density at radius 2 is 1.82 bits per heavy atom. The minimum Gasteiger partial charge on any atom is -0.381 e. The number of alkyl halides is 3. The maximum atomic E-state index is 13.7. The predicted octanol–water partition coefficient (Wildman–Crippen LogP) is 3.35. The SMILES string of the molecule is Cc1nc2cc(C(F)(F)F)c(CNc3ccc(C(=O)N4CCOCC4)cc3)cc2c(=O)n1C. The predicted molar refractivity (Wildman–Crippen MR) is 117 cm³/mol. The molecule has 0 spiro atoms.